The first-order chi connectivity index (χ1) is 14.0. The lowest BCUT2D eigenvalue weighted by Gasteiger charge is -2.17. The summed E-state index contributed by atoms with van der Waals surface area (Å²) in [6.07, 6.45) is 0.224. The molecule has 1 saturated heterocycles. The molecule has 2 aliphatic rings. The van der Waals surface area contributed by atoms with E-state index in [1.165, 1.54) is 5.56 Å². The smallest absolute Gasteiger partial charge is 0.457 e. The van der Waals surface area contributed by atoms with Gasteiger partial charge in [-0.05, 0) is 42.2 Å². The maximum Gasteiger partial charge on any atom is 0.509 e. The lowest BCUT2D eigenvalue weighted by molar-refractivity contribution is 0.0170. The van der Waals surface area contributed by atoms with Crippen LogP contribution in [0.2, 0.25) is 5.02 Å². The SMILES string of the molecule is CC(C)CCOC(=O)OCN1CC2c3ccccc3Oc3ccc(Cl)cc3C2C1. The maximum atomic E-state index is 11.9. The molecule has 0 amide bonds. The lowest BCUT2D eigenvalue weighted by atomic mass is 9.84. The molecule has 6 heteroatoms. The summed E-state index contributed by atoms with van der Waals surface area (Å²) in [5.74, 6) is 2.66. The first-order valence-corrected chi connectivity index (χ1v) is 10.5. The summed E-state index contributed by atoms with van der Waals surface area (Å²) in [7, 11) is 0. The van der Waals surface area contributed by atoms with Gasteiger partial charge in [-0.3, -0.25) is 4.90 Å². The molecule has 2 aliphatic heterocycles. The van der Waals surface area contributed by atoms with Crippen LogP contribution in [0.3, 0.4) is 0 Å². The second kappa shape index (κ2) is 8.64. The van der Waals surface area contributed by atoms with Crippen LogP contribution >= 0.6 is 11.6 Å². The molecule has 0 radical (unpaired) electrons. The average Bonchev–Trinajstić information content (AvgIpc) is 3.07. The Morgan fingerprint density at radius 2 is 1.83 bits per heavy atom. The second-order valence-corrected chi connectivity index (χ2v) is 8.56. The fourth-order valence-electron chi connectivity index (χ4n) is 4.08. The molecule has 154 valence electrons. The Hall–Kier alpha value is -2.24. The van der Waals surface area contributed by atoms with Crippen molar-refractivity contribution in [1.29, 1.82) is 0 Å². The summed E-state index contributed by atoms with van der Waals surface area (Å²) >= 11 is 6.29. The van der Waals surface area contributed by atoms with Gasteiger partial charge in [0.2, 0.25) is 0 Å². The van der Waals surface area contributed by atoms with Gasteiger partial charge in [-0.2, -0.15) is 0 Å². The highest BCUT2D eigenvalue weighted by Crippen LogP contribution is 2.50. The van der Waals surface area contributed by atoms with Crippen molar-refractivity contribution in [2.75, 3.05) is 26.4 Å². The van der Waals surface area contributed by atoms with Crippen molar-refractivity contribution in [3.63, 3.8) is 0 Å². The van der Waals surface area contributed by atoms with E-state index in [-0.39, 0.29) is 18.6 Å². The summed E-state index contributed by atoms with van der Waals surface area (Å²) in [5, 5.41) is 0.695. The van der Waals surface area contributed by atoms with Crippen LogP contribution in [-0.2, 0) is 9.47 Å². The molecule has 29 heavy (non-hydrogen) atoms. The van der Waals surface area contributed by atoms with E-state index in [4.69, 9.17) is 25.8 Å². The second-order valence-electron chi connectivity index (χ2n) is 8.13. The van der Waals surface area contributed by atoms with Gasteiger partial charge in [0.15, 0.2) is 0 Å². The molecular formula is C23H26ClNO4. The van der Waals surface area contributed by atoms with Gasteiger partial charge >= 0.3 is 6.16 Å². The Morgan fingerprint density at radius 3 is 2.62 bits per heavy atom. The van der Waals surface area contributed by atoms with Crippen LogP contribution in [0, 0.1) is 5.92 Å². The van der Waals surface area contributed by atoms with Gasteiger partial charge in [-0.15, -0.1) is 0 Å². The highest BCUT2D eigenvalue weighted by Gasteiger charge is 2.40. The van der Waals surface area contributed by atoms with E-state index in [0.717, 1.165) is 36.6 Å². The summed E-state index contributed by atoms with van der Waals surface area (Å²) < 4.78 is 16.7. The van der Waals surface area contributed by atoms with Crippen molar-refractivity contribution in [1.82, 2.24) is 4.90 Å². The molecule has 0 aromatic heterocycles. The standard InChI is InChI=1S/C23H26ClNO4/c1-15(2)9-10-27-23(26)28-14-25-12-19-17-5-3-4-6-21(17)29-22-8-7-16(24)11-18(22)20(19)13-25/h3-8,11,15,19-20H,9-10,12-14H2,1-2H3. The van der Waals surface area contributed by atoms with Crippen LogP contribution in [0.5, 0.6) is 11.5 Å². The topological polar surface area (TPSA) is 48.0 Å². The number of benzene rings is 2. The van der Waals surface area contributed by atoms with Crippen LogP contribution in [0.1, 0.15) is 43.2 Å². The monoisotopic (exact) mass is 415 g/mol. The Kier molecular flexibility index (Phi) is 5.97. The van der Waals surface area contributed by atoms with Gasteiger partial charge < -0.3 is 14.2 Å². The fourth-order valence-corrected chi connectivity index (χ4v) is 4.27. The average molecular weight is 416 g/mol. The first-order valence-electron chi connectivity index (χ1n) is 10.1. The Morgan fingerprint density at radius 1 is 1.10 bits per heavy atom. The first kappa shape index (κ1) is 20.0. The lowest BCUT2D eigenvalue weighted by Crippen LogP contribution is -2.26. The Labute approximate surface area is 176 Å². The minimum atomic E-state index is -0.607. The van der Waals surface area contributed by atoms with Crippen molar-refractivity contribution in [3.8, 4) is 11.5 Å². The number of halogens is 1. The molecule has 0 aliphatic carbocycles. The maximum absolute atomic E-state index is 11.9. The van der Waals surface area contributed by atoms with E-state index in [9.17, 15) is 4.79 Å². The molecule has 0 spiro atoms. The summed E-state index contributed by atoms with van der Waals surface area (Å²) in [4.78, 5) is 14.0. The predicted octanol–water partition coefficient (Wildman–Crippen LogP) is 5.79. The van der Waals surface area contributed by atoms with Crippen LogP contribution in [0.4, 0.5) is 4.79 Å². The summed E-state index contributed by atoms with van der Waals surface area (Å²) in [6.45, 7) is 6.32. The number of fused-ring (bicyclic) bond motifs is 5. The van der Waals surface area contributed by atoms with E-state index in [2.05, 4.69) is 24.8 Å². The zero-order chi connectivity index (χ0) is 20.4. The van der Waals surface area contributed by atoms with Crippen LogP contribution in [-0.4, -0.2) is 37.5 Å². The number of carbonyl (C=O) groups excluding carboxylic acids is 1. The van der Waals surface area contributed by atoms with Gasteiger partial charge in [-0.25, -0.2) is 4.79 Å². The normalized spacial score (nSPS) is 20.3. The third-order valence-electron chi connectivity index (χ3n) is 5.59. The molecule has 4 rings (SSSR count). The third kappa shape index (κ3) is 4.51. The number of para-hydroxylation sites is 1. The van der Waals surface area contributed by atoms with Crippen molar-refractivity contribution < 1.29 is 19.0 Å². The van der Waals surface area contributed by atoms with Crippen molar-refractivity contribution in [2.24, 2.45) is 5.92 Å². The van der Waals surface area contributed by atoms with Gasteiger partial charge in [0, 0.05) is 35.5 Å². The van der Waals surface area contributed by atoms with E-state index in [1.54, 1.807) is 0 Å². The van der Waals surface area contributed by atoms with Crippen molar-refractivity contribution >= 4 is 17.8 Å². The van der Waals surface area contributed by atoms with Gasteiger partial charge in [-0.1, -0.05) is 43.6 Å². The van der Waals surface area contributed by atoms with E-state index >= 15 is 0 Å². The number of nitrogens with zero attached hydrogens (tertiary/aromatic N) is 1. The fraction of sp³-hybridized carbons (Fsp3) is 0.435. The highest BCUT2D eigenvalue weighted by atomic mass is 35.5. The number of carbonyl (C=O) groups is 1. The third-order valence-corrected chi connectivity index (χ3v) is 5.82. The Bertz CT molecular complexity index is 885. The molecular weight excluding hydrogens is 390 g/mol. The Balaban J connectivity index is 1.48. The van der Waals surface area contributed by atoms with Crippen LogP contribution in [0.15, 0.2) is 42.5 Å². The number of likely N-dealkylation sites (tertiary alicyclic amines) is 1. The number of ether oxygens (including phenoxy) is 3. The van der Waals surface area contributed by atoms with E-state index in [1.807, 2.05) is 36.4 Å². The van der Waals surface area contributed by atoms with Gasteiger partial charge in [0.25, 0.3) is 0 Å². The molecule has 0 saturated carbocycles. The minimum absolute atomic E-state index is 0.215. The minimum Gasteiger partial charge on any atom is -0.457 e. The summed E-state index contributed by atoms with van der Waals surface area (Å²) in [6, 6.07) is 13.9. The number of hydrogen-bond acceptors (Lipinski definition) is 5. The number of hydrogen-bond donors (Lipinski definition) is 0. The van der Waals surface area contributed by atoms with E-state index < -0.39 is 6.16 Å². The zero-order valence-corrected chi connectivity index (χ0v) is 17.5. The zero-order valence-electron chi connectivity index (χ0n) is 16.8. The quantitative estimate of drug-likeness (QED) is 0.579. The molecule has 5 nitrogen and oxygen atoms in total. The van der Waals surface area contributed by atoms with Crippen molar-refractivity contribution in [2.45, 2.75) is 32.1 Å². The molecule has 1 fully saturated rings. The van der Waals surface area contributed by atoms with Gasteiger partial charge in [0.05, 0.1) is 6.61 Å². The number of rotatable bonds is 5. The van der Waals surface area contributed by atoms with Crippen LogP contribution in [0.25, 0.3) is 0 Å². The molecule has 2 aromatic rings. The largest absolute Gasteiger partial charge is 0.509 e. The van der Waals surface area contributed by atoms with Crippen molar-refractivity contribution in [3.05, 3.63) is 58.6 Å². The van der Waals surface area contributed by atoms with Gasteiger partial charge in [0.1, 0.15) is 18.2 Å². The predicted molar refractivity (Wildman–Crippen MR) is 112 cm³/mol. The summed E-state index contributed by atoms with van der Waals surface area (Å²) in [5.41, 5.74) is 2.27. The van der Waals surface area contributed by atoms with E-state index in [0.29, 0.717) is 17.5 Å². The molecule has 2 unspecified atom stereocenters. The molecule has 0 bridgehead atoms. The molecule has 2 heterocycles. The van der Waals surface area contributed by atoms with Crippen LogP contribution < -0.4 is 4.74 Å². The molecule has 2 atom stereocenters. The molecule has 2 aromatic carbocycles. The highest BCUT2D eigenvalue weighted by molar-refractivity contribution is 6.30. The molecule has 0 N–H and O–H groups in total.